The van der Waals surface area contributed by atoms with Gasteiger partial charge in [-0.3, -0.25) is 9.36 Å². The minimum Gasteiger partial charge on any atom is -0.352 e. The molecule has 1 amide bonds. The van der Waals surface area contributed by atoms with Gasteiger partial charge >= 0.3 is 0 Å². The van der Waals surface area contributed by atoms with E-state index in [4.69, 9.17) is 0 Å². The lowest BCUT2D eigenvalue weighted by molar-refractivity contribution is -0.120. The molecule has 0 aliphatic carbocycles. The summed E-state index contributed by atoms with van der Waals surface area (Å²) < 4.78 is 15.1. The number of aryl methyl sites for hydroxylation is 2. The van der Waals surface area contributed by atoms with Gasteiger partial charge in [0.05, 0.1) is 0 Å². The Balaban J connectivity index is 1.37. The number of para-hydroxylation sites is 1. The van der Waals surface area contributed by atoms with Crippen LogP contribution in [-0.2, 0) is 24.2 Å². The van der Waals surface area contributed by atoms with Gasteiger partial charge in [0.1, 0.15) is 11.6 Å². The van der Waals surface area contributed by atoms with E-state index in [-0.39, 0.29) is 11.7 Å². The van der Waals surface area contributed by atoms with Crippen molar-refractivity contribution < 1.29 is 9.18 Å². The number of carbonyl (C=O) groups excluding carboxylic acids is 1. The van der Waals surface area contributed by atoms with E-state index in [1.165, 1.54) is 29.5 Å². The molecule has 1 N–H and O–H groups in total. The van der Waals surface area contributed by atoms with Crippen molar-refractivity contribution >= 4 is 17.7 Å². The Hall–Kier alpha value is -3.45. The van der Waals surface area contributed by atoms with Gasteiger partial charge in [0.2, 0.25) is 5.91 Å². The molecule has 0 aliphatic rings. The summed E-state index contributed by atoms with van der Waals surface area (Å²) in [5.74, 6) is 1.14. The van der Waals surface area contributed by atoms with Crippen LogP contribution < -0.4 is 5.32 Å². The molecule has 0 unspecified atom stereocenters. The van der Waals surface area contributed by atoms with Gasteiger partial charge in [-0.15, -0.1) is 10.2 Å². The van der Waals surface area contributed by atoms with Gasteiger partial charge in [-0.05, 0) is 41.8 Å². The second-order valence-corrected chi connectivity index (χ2v) is 8.62. The van der Waals surface area contributed by atoms with Crippen molar-refractivity contribution in [2.75, 3.05) is 5.75 Å². The fourth-order valence-electron chi connectivity index (χ4n) is 3.42. The van der Waals surface area contributed by atoms with Gasteiger partial charge in [-0.25, -0.2) is 4.39 Å². The Morgan fingerprint density at radius 1 is 0.848 bits per heavy atom. The van der Waals surface area contributed by atoms with Crippen molar-refractivity contribution in [1.82, 2.24) is 20.1 Å². The van der Waals surface area contributed by atoms with Crippen LogP contribution in [0.4, 0.5) is 4.39 Å². The largest absolute Gasteiger partial charge is 0.352 e. The smallest absolute Gasteiger partial charge is 0.221 e. The summed E-state index contributed by atoms with van der Waals surface area (Å²) in [6, 6.07) is 26.5. The second-order valence-electron chi connectivity index (χ2n) is 7.56. The summed E-state index contributed by atoms with van der Waals surface area (Å²) >= 11 is 1.52. The molecule has 0 spiro atoms. The molecule has 3 aromatic carbocycles. The van der Waals surface area contributed by atoms with Crippen LogP contribution in [0.1, 0.15) is 23.4 Å². The lowest BCUT2D eigenvalue weighted by Crippen LogP contribution is -2.23. The molecule has 7 heteroatoms. The van der Waals surface area contributed by atoms with E-state index >= 15 is 0 Å². The van der Waals surface area contributed by atoms with E-state index in [2.05, 4.69) is 32.2 Å². The van der Waals surface area contributed by atoms with Crippen LogP contribution in [0.25, 0.3) is 5.69 Å². The number of nitrogens with one attached hydrogen (secondary N) is 1. The second kappa shape index (κ2) is 11.4. The molecular formula is C26H25FN4OS. The van der Waals surface area contributed by atoms with Crippen molar-refractivity contribution in [2.24, 2.45) is 0 Å². The minimum atomic E-state index is -0.285. The average Bonchev–Trinajstić information content (AvgIpc) is 3.26. The monoisotopic (exact) mass is 460 g/mol. The standard InChI is InChI=1S/C26H25FN4OS/c27-22-14-11-21(12-15-22)19-28-25(32)17-18-33-26-30-29-24(16-13-20-7-3-1-4-8-20)31(26)23-9-5-2-6-10-23/h1-12,14-15H,13,16-19H2,(H,28,32). The highest BCUT2D eigenvalue weighted by Gasteiger charge is 2.15. The fourth-order valence-corrected chi connectivity index (χ4v) is 4.33. The third-order valence-corrected chi connectivity index (χ3v) is 6.09. The number of carbonyl (C=O) groups is 1. The third-order valence-electron chi connectivity index (χ3n) is 5.16. The summed E-state index contributed by atoms with van der Waals surface area (Å²) in [6.45, 7) is 0.383. The third kappa shape index (κ3) is 6.52. The molecular weight excluding hydrogens is 435 g/mol. The van der Waals surface area contributed by atoms with Gasteiger partial charge in [0.15, 0.2) is 5.16 Å². The first-order chi connectivity index (χ1) is 16.2. The van der Waals surface area contributed by atoms with Crippen LogP contribution in [0.15, 0.2) is 90.1 Å². The summed E-state index contributed by atoms with van der Waals surface area (Å²) in [4.78, 5) is 12.3. The van der Waals surface area contributed by atoms with Crippen molar-refractivity contribution in [1.29, 1.82) is 0 Å². The minimum absolute atomic E-state index is 0.0538. The fraction of sp³-hybridized carbons (Fsp3) is 0.192. The highest BCUT2D eigenvalue weighted by Crippen LogP contribution is 2.23. The summed E-state index contributed by atoms with van der Waals surface area (Å²) in [5.41, 5.74) is 3.13. The number of benzene rings is 3. The van der Waals surface area contributed by atoms with Crippen LogP contribution >= 0.6 is 11.8 Å². The maximum absolute atomic E-state index is 13.0. The summed E-state index contributed by atoms with van der Waals surface area (Å²) in [6.07, 6.45) is 2.00. The van der Waals surface area contributed by atoms with Gasteiger partial charge in [-0.2, -0.15) is 0 Å². The van der Waals surface area contributed by atoms with E-state index in [9.17, 15) is 9.18 Å². The zero-order valence-corrected chi connectivity index (χ0v) is 19.0. The first-order valence-corrected chi connectivity index (χ1v) is 11.9. The Labute approximate surface area is 197 Å². The van der Waals surface area contributed by atoms with Crippen LogP contribution in [0.3, 0.4) is 0 Å². The number of hydrogen-bond donors (Lipinski definition) is 1. The molecule has 0 fully saturated rings. The van der Waals surface area contributed by atoms with Crippen molar-refractivity contribution in [3.63, 3.8) is 0 Å². The molecule has 0 saturated heterocycles. The molecule has 0 bridgehead atoms. The van der Waals surface area contributed by atoms with Gasteiger partial charge in [0, 0.05) is 30.8 Å². The van der Waals surface area contributed by atoms with Gasteiger partial charge in [-0.1, -0.05) is 72.4 Å². The highest BCUT2D eigenvalue weighted by molar-refractivity contribution is 7.99. The Kier molecular flexibility index (Phi) is 7.87. The van der Waals surface area contributed by atoms with Crippen molar-refractivity contribution in [2.45, 2.75) is 31.0 Å². The number of amides is 1. The first kappa shape index (κ1) is 22.7. The van der Waals surface area contributed by atoms with Gasteiger partial charge < -0.3 is 5.32 Å². The molecule has 0 aliphatic heterocycles. The summed E-state index contributed by atoms with van der Waals surface area (Å²) in [5, 5.41) is 12.5. The normalized spacial score (nSPS) is 10.8. The Morgan fingerprint density at radius 3 is 2.27 bits per heavy atom. The van der Waals surface area contributed by atoms with E-state index in [1.54, 1.807) is 12.1 Å². The highest BCUT2D eigenvalue weighted by atomic mass is 32.2. The van der Waals surface area contributed by atoms with Crippen LogP contribution in [-0.4, -0.2) is 26.4 Å². The number of nitrogens with zero attached hydrogens (tertiary/aromatic N) is 3. The molecule has 0 saturated carbocycles. The van der Waals surface area contributed by atoms with Crippen LogP contribution in [0.2, 0.25) is 0 Å². The molecule has 5 nitrogen and oxygen atoms in total. The average molecular weight is 461 g/mol. The molecule has 0 atom stereocenters. The number of aromatic nitrogens is 3. The number of rotatable bonds is 10. The molecule has 168 valence electrons. The van der Waals surface area contributed by atoms with Crippen LogP contribution in [0, 0.1) is 5.82 Å². The maximum atomic E-state index is 13.0. The number of thioether (sulfide) groups is 1. The van der Waals surface area contributed by atoms with E-state index < -0.39 is 0 Å². The Bertz CT molecular complexity index is 1160. The van der Waals surface area contributed by atoms with Crippen molar-refractivity contribution in [3.05, 3.63) is 108 Å². The predicted molar refractivity (Wildman–Crippen MR) is 129 cm³/mol. The zero-order valence-electron chi connectivity index (χ0n) is 18.2. The van der Waals surface area contributed by atoms with Gasteiger partial charge in [0.25, 0.3) is 0 Å². The van der Waals surface area contributed by atoms with Crippen molar-refractivity contribution in [3.8, 4) is 5.69 Å². The number of halogens is 1. The molecule has 0 radical (unpaired) electrons. The molecule has 1 aromatic heterocycles. The maximum Gasteiger partial charge on any atom is 0.221 e. The molecule has 1 heterocycles. The first-order valence-electron chi connectivity index (χ1n) is 10.9. The molecule has 33 heavy (non-hydrogen) atoms. The topological polar surface area (TPSA) is 59.8 Å². The predicted octanol–water partition coefficient (Wildman–Crippen LogP) is 4.99. The van der Waals surface area contributed by atoms with E-state index in [0.29, 0.717) is 18.7 Å². The lowest BCUT2D eigenvalue weighted by Gasteiger charge is -2.10. The Morgan fingerprint density at radius 2 is 1.55 bits per heavy atom. The molecule has 4 rings (SSSR count). The quantitative estimate of drug-likeness (QED) is 0.339. The SMILES string of the molecule is O=C(CCSc1nnc(CCc2ccccc2)n1-c1ccccc1)NCc1ccc(F)cc1. The number of hydrogen-bond acceptors (Lipinski definition) is 4. The lowest BCUT2D eigenvalue weighted by atomic mass is 10.1. The van der Waals surface area contributed by atoms with E-state index in [0.717, 1.165) is 35.1 Å². The summed E-state index contributed by atoms with van der Waals surface area (Å²) in [7, 11) is 0. The molecule has 4 aromatic rings. The van der Waals surface area contributed by atoms with E-state index in [1.807, 2.05) is 48.5 Å². The van der Waals surface area contributed by atoms with Crippen LogP contribution in [0.5, 0.6) is 0 Å². The zero-order chi connectivity index (χ0) is 22.9.